The SMILES string of the molecule is c1ccc2c(-n3c4ccccc4c4cc(-c5ccc6c(c5)c5ccccc5n6-c5ccc6c(c5)oc5ccc7sc8ccccc8c7c56)ccc43)cccc2c1. The van der Waals surface area contributed by atoms with Crippen LogP contribution in [-0.4, -0.2) is 9.13 Å². The predicted octanol–water partition coefficient (Wildman–Crippen LogP) is 15.0. The molecule has 13 rings (SSSR count). The van der Waals surface area contributed by atoms with Crippen LogP contribution in [0.15, 0.2) is 186 Å². The topological polar surface area (TPSA) is 23.0 Å². The summed E-state index contributed by atoms with van der Waals surface area (Å²) in [6, 6.07) is 66.5. The summed E-state index contributed by atoms with van der Waals surface area (Å²) in [6.07, 6.45) is 0. The van der Waals surface area contributed by atoms with E-state index in [1.807, 2.05) is 11.3 Å². The van der Waals surface area contributed by atoms with Crippen LogP contribution in [-0.2, 0) is 0 Å². The molecule has 0 radical (unpaired) electrons. The van der Waals surface area contributed by atoms with Crippen LogP contribution in [0.5, 0.6) is 0 Å². The Balaban J connectivity index is 0.983. The Hall–Kier alpha value is -7.14. The van der Waals surface area contributed by atoms with E-state index in [0.717, 1.165) is 22.2 Å². The van der Waals surface area contributed by atoms with E-state index in [9.17, 15) is 0 Å². The van der Waals surface area contributed by atoms with E-state index in [0.29, 0.717) is 0 Å². The zero-order valence-corrected chi connectivity index (χ0v) is 30.8. The maximum atomic E-state index is 6.62. The monoisotopic (exact) mass is 730 g/mol. The summed E-state index contributed by atoms with van der Waals surface area (Å²) in [7, 11) is 0. The third kappa shape index (κ3) is 4.11. The molecular formula is C52H30N2OS. The minimum absolute atomic E-state index is 0.902. The Kier molecular flexibility index (Phi) is 6.04. The Bertz CT molecular complexity index is 3770. The number of aromatic nitrogens is 2. The lowest BCUT2D eigenvalue weighted by atomic mass is 10.0. The molecule has 9 aromatic carbocycles. The van der Waals surface area contributed by atoms with Crippen LogP contribution < -0.4 is 0 Å². The van der Waals surface area contributed by atoms with E-state index in [4.69, 9.17) is 4.42 Å². The van der Waals surface area contributed by atoms with Crippen molar-refractivity contribution >= 4 is 108 Å². The van der Waals surface area contributed by atoms with Crippen LogP contribution in [0.25, 0.3) is 119 Å². The largest absolute Gasteiger partial charge is 0.456 e. The van der Waals surface area contributed by atoms with Gasteiger partial charge in [0.2, 0.25) is 0 Å². The second-order valence-corrected chi connectivity index (χ2v) is 15.9. The molecule has 4 heteroatoms. The van der Waals surface area contributed by atoms with E-state index in [2.05, 4.69) is 191 Å². The zero-order valence-electron chi connectivity index (χ0n) is 30.0. The fraction of sp³-hybridized carbons (Fsp3) is 0. The molecule has 0 unspecified atom stereocenters. The average Bonchev–Trinajstić information content (AvgIpc) is 4.00. The lowest BCUT2D eigenvalue weighted by molar-refractivity contribution is 0.669. The van der Waals surface area contributed by atoms with Crippen molar-refractivity contribution in [3.8, 4) is 22.5 Å². The van der Waals surface area contributed by atoms with E-state index in [1.54, 1.807) is 0 Å². The molecule has 56 heavy (non-hydrogen) atoms. The van der Waals surface area contributed by atoms with Gasteiger partial charge in [0.15, 0.2) is 0 Å². The van der Waals surface area contributed by atoms with Gasteiger partial charge in [0.05, 0.1) is 27.8 Å². The highest BCUT2D eigenvalue weighted by atomic mass is 32.1. The first-order valence-corrected chi connectivity index (χ1v) is 19.9. The summed E-state index contributed by atoms with van der Waals surface area (Å²) < 4.78 is 14.0. The fourth-order valence-corrected chi connectivity index (χ4v) is 10.6. The molecule has 0 aliphatic carbocycles. The van der Waals surface area contributed by atoms with E-state index in [-0.39, 0.29) is 0 Å². The molecule has 0 amide bonds. The summed E-state index contributed by atoms with van der Waals surface area (Å²) in [5, 5.41) is 12.4. The molecule has 4 aromatic heterocycles. The van der Waals surface area contributed by atoms with Crippen molar-refractivity contribution in [1.82, 2.24) is 9.13 Å². The van der Waals surface area contributed by atoms with Gasteiger partial charge in [-0.3, -0.25) is 0 Å². The van der Waals surface area contributed by atoms with Crippen molar-refractivity contribution in [3.63, 3.8) is 0 Å². The molecular weight excluding hydrogens is 701 g/mol. The van der Waals surface area contributed by atoms with Gasteiger partial charge in [-0.05, 0) is 89.3 Å². The molecule has 0 saturated heterocycles. The second-order valence-electron chi connectivity index (χ2n) is 14.9. The van der Waals surface area contributed by atoms with Gasteiger partial charge < -0.3 is 13.6 Å². The maximum Gasteiger partial charge on any atom is 0.137 e. The van der Waals surface area contributed by atoms with Gasteiger partial charge in [-0.1, -0.05) is 103 Å². The molecule has 260 valence electrons. The molecule has 0 bridgehead atoms. The summed E-state index contributed by atoms with van der Waals surface area (Å²) in [6.45, 7) is 0. The van der Waals surface area contributed by atoms with E-state index in [1.165, 1.54) is 96.8 Å². The second kappa shape index (κ2) is 11.2. The third-order valence-corrected chi connectivity index (χ3v) is 13.0. The number of hydrogen-bond donors (Lipinski definition) is 0. The Morgan fingerprint density at radius 2 is 0.982 bits per heavy atom. The fourth-order valence-electron chi connectivity index (χ4n) is 9.46. The number of rotatable bonds is 3. The summed E-state index contributed by atoms with van der Waals surface area (Å²) in [5.41, 5.74) is 11.3. The Morgan fingerprint density at radius 1 is 0.357 bits per heavy atom. The Labute approximate surface area is 324 Å². The molecule has 0 spiro atoms. The standard InChI is InChI=1S/C52H30N2OS/c1-2-12-35-31(10-1)11-9-18-42(35)54-44-17-7-4-14-37(44)41-29-33(21-25-46(41)54)32-20-24-45-40(28-32)36-13-3-6-16-43(36)53(45)34-22-23-38-48(30-34)55-47-26-27-50-52(51(38)47)39-15-5-8-19-49(39)56-50/h1-30H. The number of hydrogen-bond acceptors (Lipinski definition) is 2. The van der Waals surface area contributed by atoms with E-state index < -0.39 is 0 Å². The first-order valence-electron chi connectivity index (χ1n) is 19.1. The molecule has 0 fully saturated rings. The first-order chi connectivity index (χ1) is 27.8. The molecule has 0 saturated carbocycles. The predicted molar refractivity (Wildman–Crippen MR) is 238 cm³/mol. The molecule has 13 aromatic rings. The van der Waals surface area contributed by atoms with Crippen molar-refractivity contribution in [2.24, 2.45) is 0 Å². The highest BCUT2D eigenvalue weighted by molar-refractivity contribution is 7.26. The minimum atomic E-state index is 0.902. The average molecular weight is 731 g/mol. The van der Waals surface area contributed by atoms with Gasteiger partial charge in [0.25, 0.3) is 0 Å². The zero-order chi connectivity index (χ0) is 36.5. The quantitative estimate of drug-likeness (QED) is 0.177. The lowest BCUT2D eigenvalue weighted by Crippen LogP contribution is -1.95. The summed E-state index contributed by atoms with van der Waals surface area (Å²) in [5.74, 6) is 0. The van der Waals surface area contributed by atoms with Crippen LogP contribution in [0.3, 0.4) is 0 Å². The number of fused-ring (bicyclic) bond motifs is 14. The highest BCUT2D eigenvalue weighted by Gasteiger charge is 2.19. The highest BCUT2D eigenvalue weighted by Crippen LogP contribution is 2.44. The molecule has 0 aliphatic rings. The van der Waals surface area contributed by atoms with Gasteiger partial charge in [-0.2, -0.15) is 0 Å². The van der Waals surface area contributed by atoms with Crippen molar-refractivity contribution in [2.45, 2.75) is 0 Å². The number of nitrogens with zero attached hydrogens (tertiary/aromatic N) is 2. The van der Waals surface area contributed by atoms with Crippen molar-refractivity contribution in [2.75, 3.05) is 0 Å². The summed E-state index contributed by atoms with van der Waals surface area (Å²) in [4.78, 5) is 0. The lowest BCUT2D eigenvalue weighted by Gasteiger charge is -2.12. The summed E-state index contributed by atoms with van der Waals surface area (Å²) >= 11 is 1.85. The van der Waals surface area contributed by atoms with Gasteiger partial charge in [0.1, 0.15) is 11.2 Å². The molecule has 3 nitrogen and oxygen atoms in total. The number of thiophene rings is 1. The van der Waals surface area contributed by atoms with Crippen molar-refractivity contribution in [1.29, 1.82) is 0 Å². The number of furan rings is 1. The third-order valence-electron chi connectivity index (χ3n) is 11.9. The number of benzene rings is 9. The maximum absolute atomic E-state index is 6.62. The van der Waals surface area contributed by atoms with E-state index >= 15 is 0 Å². The van der Waals surface area contributed by atoms with Crippen molar-refractivity contribution < 1.29 is 4.42 Å². The molecule has 4 heterocycles. The van der Waals surface area contributed by atoms with Gasteiger partial charge in [0, 0.05) is 69.6 Å². The molecule has 0 aliphatic heterocycles. The van der Waals surface area contributed by atoms with Crippen LogP contribution in [0.1, 0.15) is 0 Å². The first kappa shape index (κ1) is 30.2. The van der Waals surface area contributed by atoms with Gasteiger partial charge in [-0.25, -0.2) is 0 Å². The van der Waals surface area contributed by atoms with Crippen LogP contribution in [0.2, 0.25) is 0 Å². The van der Waals surface area contributed by atoms with Gasteiger partial charge >= 0.3 is 0 Å². The Morgan fingerprint density at radius 3 is 1.77 bits per heavy atom. The molecule has 0 N–H and O–H groups in total. The smallest absolute Gasteiger partial charge is 0.137 e. The van der Waals surface area contributed by atoms with Crippen LogP contribution >= 0.6 is 11.3 Å². The van der Waals surface area contributed by atoms with Crippen molar-refractivity contribution in [3.05, 3.63) is 182 Å². The van der Waals surface area contributed by atoms with Crippen LogP contribution in [0, 0.1) is 0 Å². The minimum Gasteiger partial charge on any atom is -0.456 e. The molecule has 0 atom stereocenters. The van der Waals surface area contributed by atoms with Crippen LogP contribution in [0.4, 0.5) is 0 Å². The van der Waals surface area contributed by atoms with Gasteiger partial charge in [-0.15, -0.1) is 11.3 Å². The normalized spacial score (nSPS) is 12.3. The number of para-hydroxylation sites is 2.